The highest BCUT2D eigenvalue weighted by atomic mass is 35.5. The second-order valence-electron chi connectivity index (χ2n) is 12.8. The molecule has 1 aliphatic heterocycles. The molecule has 2 aromatic rings. The van der Waals surface area contributed by atoms with Crippen LogP contribution in [0.4, 0.5) is 5.69 Å². The van der Waals surface area contributed by atoms with Gasteiger partial charge in [0.15, 0.2) is 5.96 Å². The van der Waals surface area contributed by atoms with Crippen LogP contribution in [0, 0.1) is 23.2 Å². The van der Waals surface area contributed by atoms with Gasteiger partial charge in [0.2, 0.25) is 0 Å². The van der Waals surface area contributed by atoms with E-state index >= 15 is 0 Å². The molecule has 0 aromatic heterocycles. The zero-order valence-electron chi connectivity index (χ0n) is 24.5. The van der Waals surface area contributed by atoms with Gasteiger partial charge in [0, 0.05) is 47.0 Å². The molecule has 3 aliphatic carbocycles. The average molecular weight is 601 g/mol. The number of aliphatic hydroxyl groups is 1. The van der Waals surface area contributed by atoms with E-state index in [2.05, 4.69) is 48.5 Å². The first-order valence-corrected chi connectivity index (χ1v) is 15.6. The Kier molecular flexibility index (Phi) is 9.19. The molecule has 222 valence electrons. The number of anilines is 1. The Bertz CT molecular complexity index is 1270. The lowest BCUT2D eigenvalue weighted by atomic mass is 9.45. The molecule has 4 aliphatic rings. The molecule has 6 rings (SSSR count). The fourth-order valence-corrected chi connectivity index (χ4v) is 7.47. The highest BCUT2D eigenvalue weighted by molar-refractivity contribution is 6.35. The van der Waals surface area contributed by atoms with Gasteiger partial charge in [-0.2, -0.15) is 0 Å². The van der Waals surface area contributed by atoms with E-state index in [0.29, 0.717) is 45.4 Å². The van der Waals surface area contributed by atoms with Crippen LogP contribution < -0.4 is 16.0 Å². The van der Waals surface area contributed by atoms with Gasteiger partial charge in [-0.3, -0.25) is 4.79 Å². The molecule has 9 heteroatoms. The maximum Gasteiger partial charge on any atom is 0.251 e. The molecular weight excluding hydrogens is 557 g/mol. The van der Waals surface area contributed by atoms with Crippen LogP contribution in [0.25, 0.3) is 0 Å². The number of rotatable bonds is 7. The summed E-state index contributed by atoms with van der Waals surface area (Å²) < 4.78 is 0. The van der Waals surface area contributed by atoms with Gasteiger partial charge < -0.3 is 26.0 Å². The third-order valence-electron chi connectivity index (χ3n) is 9.71. The molecule has 7 nitrogen and oxygen atoms in total. The second-order valence-corrected chi connectivity index (χ2v) is 13.6. The lowest BCUT2D eigenvalue weighted by Crippen LogP contribution is -2.57. The van der Waals surface area contributed by atoms with Crippen LogP contribution >= 0.6 is 23.2 Å². The Morgan fingerprint density at radius 3 is 2.56 bits per heavy atom. The van der Waals surface area contributed by atoms with Crippen LogP contribution in [-0.4, -0.2) is 66.2 Å². The number of aliphatic hydroxyl groups excluding tert-OH is 1. The molecule has 6 atom stereocenters. The van der Waals surface area contributed by atoms with Crippen LogP contribution in [0.2, 0.25) is 10.0 Å². The van der Waals surface area contributed by atoms with Crippen molar-refractivity contribution in [2.75, 3.05) is 31.6 Å². The van der Waals surface area contributed by atoms with Crippen molar-refractivity contribution in [1.29, 1.82) is 0 Å². The van der Waals surface area contributed by atoms with Gasteiger partial charge in [-0.25, -0.2) is 4.99 Å². The monoisotopic (exact) mass is 599 g/mol. The number of fused-ring (bicyclic) bond motifs is 2. The predicted octanol–water partition coefficient (Wildman–Crippen LogP) is 5.46. The fourth-order valence-electron chi connectivity index (χ4n) is 6.98. The van der Waals surface area contributed by atoms with Gasteiger partial charge in [0.05, 0.1) is 18.7 Å². The van der Waals surface area contributed by atoms with Crippen molar-refractivity contribution in [2.45, 2.75) is 65.1 Å². The number of nitrogens with zero attached hydrogens (tertiary/aromatic N) is 2. The number of benzene rings is 2. The summed E-state index contributed by atoms with van der Waals surface area (Å²) in [4.78, 5) is 20.7. The van der Waals surface area contributed by atoms with E-state index in [1.807, 2.05) is 18.2 Å². The SMILES string of the molecule is C[C@H]1[C@@H](N=C(Nc2ccc(C(=O)N[C@@H](CO)Cc3ccc(Cl)cc3Cl)cc2)N2CCN[C@@H](C)C2)C[C@@H]2C[C@@H]1C2(C)C. The summed E-state index contributed by atoms with van der Waals surface area (Å²) in [5, 5.41) is 21.0. The molecule has 1 heterocycles. The maximum atomic E-state index is 13.0. The van der Waals surface area contributed by atoms with Crippen molar-refractivity contribution in [3.8, 4) is 0 Å². The first kappa shape index (κ1) is 30.1. The van der Waals surface area contributed by atoms with Gasteiger partial charge in [-0.15, -0.1) is 0 Å². The smallest absolute Gasteiger partial charge is 0.251 e. The zero-order valence-corrected chi connectivity index (χ0v) is 26.0. The summed E-state index contributed by atoms with van der Waals surface area (Å²) in [6.07, 6.45) is 2.88. The minimum atomic E-state index is -0.471. The molecule has 1 amide bonds. The van der Waals surface area contributed by atoms with Crippen molar-refractivity contribution in [3.63, 3.8) is 0 Å². The minimum Gasteiger partial charge on any atom is -0.394 e. The molecule has 0 unspecified atom stereocenters. The van der Waals surface area contributed by atoms with Crippen LogP contribution in [0.5, 0.6) is 0 Å². The summed E-state index contributed by atoms with van der Waals surface area (Å²) in [6, 6.07) is 12.9. The lowest BCUT2D eigenvalue weighted by Gasteiger charge is -2.61. The number of piperazine rings is 1. The molecule has 2 bridgehead atoms. The summed E-state index contributed by atoms with van der Waals surface area (Å²) in [6.45, 7) is 11.9. The molecule has 1 saturated heterocycles. The summed E-state index contributed by atoms with van der Waals surface area (Å²) >= 11 is 12.3. The average Bonchev–Trinajstić information content (AvgIpc) is 2.94. The zero-order chi connectivity index (χ0) is 29.3. The third kappa shape index (κ3) is 6.69. The molecular formula is C32H43Cl2N5O2. The number of nitrogens with one attached hydrogen (secondary N) is 3. The second kappa shape index (κ2) is 12.5. The van der Waals surface area contributed by atoms with E-state index in [1.54, 1.807) is 24.3 Å². The van der Waals surface area contributed by atoms with Gasteiger partial charge in [-0.1, -0.05) is 50.0 Å². The fraction of sp³-hybridized carbons (Fsp3) is 0.562. The van der Waals surface area contributed by atoms with Crippen molar-refractivity contribution in [2.24, 2.45) is 28.2 Å². The van der Waals surface area contributed by atoms with E-state index in [0.717, 1.165) is 55.1 Å². The van der Waals surface area contributed by atoms with Gasteiger partial charge >= 0.3 is 0 Å². The Balaban J connectivity index is 1.27. The molecule has 0 spiro atoms. The lowest BCUT2D eigenvalue weighted by molar-refractivity contribution is -0.108. The largest absolute Gasteiger partial charge is 0.394 e. The molecule has 3 saturated carbocycles. The number of aliphatic imine (C=N–C) groups is 1. The van der Waals surface area contributed by atoms with Crippen molar-refractivity contribution < 1.29 is 9.90 Å². The summed E-state index contributed by atoms with van der Waals surface area (Å²) in [7, 11) is 0. The first-order valence-electron chi connectivity index (χ1n) is 14.8. The number of halogens is 2. The van der Waals surface area contributed by atoms with E-state index in [4.69, 9.17) is 28.2 Å². The molecule has 2 aromatic carbocycles. The highest BCUT2D eigenvalue weighted by Gasteiger charge is 2.56. The molecule has 4 fully saturated rings. The van der Waals surface area contributed by atoms with E-state index in [9.17, 15) is 9.90 Å². The van der Waals surface area contributed by atoms with Crippen LogP contribution in [-0.2, 0) is 6.42 Å². The van der Waals surface area contributed by atoms with Gasteiger partial charge in [-0.05, 0) is 91.3 Å². The van der Waals surface area contributed by atoms with E-state index < -0.39 is 6.04 Å². The third-order valence-corrected chi connectivity index (χ3v) is 10.3. The van der Waals surface area contributed by atoms with Crippen LogP contribution in [0.15, 0.2) is 47.5 Å². The van der Waals surface area contributed by atoms with Crippen LogP contribution in [0.3, 0.4) is 0 Å². The minimum absolute atomic E-state index is 0.203. The number of hydrogen-bond donors (Lipinski definition) is 4. The summed E-state index contributed by atoms with van der Waals surface area (Å²) in [5.41, 5.74) is 2.66. The Morgan fingerprint density at radius 1 is 1.17 bits per heavy atom. The Hall–Kier alpha value is -2.32. The van der Waals surface area contributed by atoms with Crippen molar-refractivity contribution in [3.05, 3.63) is 63.6 Å². The topological polar surface area (TPSA) is 89.0 Å². The maximum absolute atomic E-state index is 13.0. The number of carbonyl (C=O) groups is 1. The standard InChI is InChI=1S/C32H43Cl2N5O2/c1-19-17-39(12-11-35-19)31(38-29-15-23-14-27(20(29)2)32(23,3)4)37-25-9-6-21(7-10-25)30(41)36-26(18-40)13-22-5-8-24(33)16-28(22)34/h5-10,16,19-20,23,26-27,29,35,40H,11-15,17-18H2,1-4H3,(H,36,41)(H,37,38)/t19-,20+,23-,26+,27-,29-/m0/s1. The number of amides is 1. The summed E-state index contributed by atoms with van der Waals surface area (Å²) in [5.74, 6) is 2.71. The molecule has 41 heavy (non-hydrogen) atoms. The number of carbonyl (C=O) groups excluding carboxylic acids is 1. The quantitative estimate of drug-likeness (QED) is 0.251. The predicted molar refractivity (Wildman–Crippen MR) is 168 cm³/mol. The number of hydrogen-bond acceptors (Lipinski definition) is 4. The van der Waals surface area contributed by atoms with E-state index in [-0.39, 0.29) is 12.5 Å². The normalized spacial score (nSPS) is 28.0. The van der Waals surface area contributed by atoms with Gasteiger partial charge in [0.25, 0.3) is 5.91 Å². The first-order chi connectivity index (χ1) is 19.5. The highest BCUT2D eigenvalue weighted by Crippen LogP contribution is 2.61. The molecule has 4 N–H and O–H groups in total. The van der Waals surface area contributed by atoms with Gasteiger partial charge in [0.1, 0.15) is 0 Å². The van der Waals surface area contributed by atoms with Crippen LogP contribution in [0.1, 0.15) is 56.5 Å². The molecule has 0 radical (unpaired) electrons. The van der Waals surface area contributed by atoms with E-state index in [1.165, 1.54) is 6.42 Å². The van der Waals surface area contributed by atoms with Crippen molar-refractivity contribution in [1.82, 2.24) is 15.5 Å². The Morgan fingerprint density at radius 2 is 1.93 bits per heavy atom. The Labute approximate surface area is 254 Å². The number of guanidine groups is 1. The van der Waals surface area contributed by atoms with Crippen molar-refractivity contribution >= 4 is 40.8 Å².